The Labute approximate surface area is 217 Å². The lowest BCUT2D eigenvalue weighted by atomic mass is 10.1. The van der Waals surface area contributed by atoms with Gasteiger partial charge in [-0.05, 0) is 49.1 Å². The van der Waals surface area contributed by atoms with Gasteiger partial charge < -0.3 is 16.0 Å². The first-order valence-electron chi connectivity index (χ1n) is 11.9. The lowest BCUT2D eigenvalue weighted by Gasteiger charge is -2.32. The molecule has 1 aromatic carbocycles. The Bertz CT molecular complexity index is 1550. The number of nitrogens with one attached hydrogen (secondary N) is 1. The number of aromatic nitrogens is 5. The van der Waals surface area contributed by atoms with Gasteiger partial charge in [-0.15, -0.1) is 0 Å². The zero-order chi connectivity index (χ0) is 25.7. The summed E-state index contributed by atoms with van der Waals surface area (Å²) in [7, 11) is 0. The molecule has 3 N–H and O–H groups in total. The van der Waals surface area contributed by atoms with E-state index in [-0.39, 0.29) is 29.7 Å². The zero-order valence-electron chi connectivity index (χ0n) is 19.7. The first-order chi connectivity index (χ1) is 17.9. The van der Waals surface area contributed by atoms with E-state index < -0.39 is 0 Å². The maximum Gasteiger partial charge on any atom is 0.256 e. The van der Waals surface area contributed by atoms with Crippen LogP contribution in [0.4, 0.5) is 11.6 Å². The van der Waals surface area contributed by atoms with Crippen LogP contribution in [0.25, 0.3) is 22.3 Å². The second-order valence-electron chi connectivity index (χ2n) is 9.28. The molecule has 2 amide bonds. The number of nitrogens with zero attached hydrogens (tertiary/aromatic N) is 6. The smallest absolute Gasteiger partial charge is 0.256 e. The van der Waals surface area contributed by atoms with E-state index in [4.69, 9.17) is 22.4 Å². The highest BCUT2D eigenvalue weighted by Gasteiger charge is 2.48. The molecule has 2 fully saturated rings. The van der Waals surface area contributed by atoms with Crippen LogP contribution in [0.5, 0.6) is 0 Å². The molecule has 1 aliphatic carbocycles. The summed E-state index contributed by atoms with van der Waals surface area (Å²) in [6.07, 6.45) is 6.15. The average Bonchev–Trinajstić information content (AvgIpc) is 3.62. The van der Waals surface area contributed by atoms with Crippen molar-refractivity contribution in [1.82, 2.24) is 29.6 Å². The van der Waals surface area contributed by atoms with Crippen LogP contribution >= 0.6 is 11.6 Å². The molecular weight excluding hydrogens is 492 g/mol. The number of anilines is 2. The molecule has 3 aromatic heterocycles. The van der Waals surface area contributed by atoms with Crippen LogP contribution in [0.15, 0.2) is 61.6 Å². The van der Waals surface area contributed by atoms with Crippen molar-refractivity contribution in [3.05, 3.63) is 72.2 Å². The van der Waals surface area contributed by atoms with E-state index in [1.807, 2.05) is 9.58 Å². The average molecular weight is 515 g/mol. The monoisotopic (exact) mass is 514 g/mol. The summed E-state index contributed by atoms with van der Waals surface area (Å²) in [6.45, 7) is 4.37. The first kappa shape index (κ1) is 23.1. The fourth-order valence-electron chi connectivity index (χ4n) is 5.51. The van der Waals surface area contributed by atoms with E-state index in [0.717, 1.165) is 19.4 Å². The minimum atomic E-state index is -0.334. The minimum absolute atomic E-state index is 0.00391. The van der Waals surface area contributed by atoms with Crippen LogP contribution in [-0.2, 0) is 4.79 Å². The molecule has 186 valence electrons. The van der Waals surface area contributed by atoms with Gasteiger partial charge in [-0.25, -0.2) is 19.6 Å². The molecule has 6 rings (SSSR count). The Morgan fingerprint density at radius 2 is 1.97 bits per heavy atom. The molecule has 4 aromatic rings. The topological polar surface area (TPSA) is 132 Å². The third kappa shape index (κ3) is 3.89. The Hall–Kier alpha value is -4.31. The number of pyridine rings is 1. The Morgan fingerprint density at radius 1 is 1.14 bits per heavy atom. The number of hydrogen-bond acceptors (Lipinski definition) is 7. The molecule has 10 nitrogen and oxygen atoms in total. The first-order valence-corrected chi connectivity index (χ1v) is 12.3. The Balaban J connectivity index is 1.38. The number of rotatable bonds is 5. The van der Waals surface area contributed by atoms with Gasteiger partial charge in [0.1, 0.15) is 23.7 Å². The van der Waals surface area contributed by atoms with Crippen molar-refractivity contribution < 1.29 is 9.59 Å². The predicted molar refractivity (Wildman–Crippen MR) is 140 cm³/mol. The summed E-state index contributed by atoms with van der Waals surface area (Å²) in [6, 6.07) is 10.2. The molecule has 0 unspecified atom stereocenters. The summed E-state index contributed by atoms with van der Waals surface area (Å²) in [5.74, 6) is 0.699. The number of likely N-dealkylation sites (tertiary alicyclic amines) is 1. The van der Waals surface area contributed by atoms with E-state index >= 15 is 0 Å². The summed E-state index contributed by atoms with van der Waals surface area (Å²) in [4.78, 5) is 39.9. The highest BCUT2D eigenvalue weighted by molar-refractivity contribution is 6.34. The van der Waals surface area contributed by atoms with Crippen molar-refractivity contribution in [3.63, 3.8) is 0 Å². The standard InChI is InChI=1S/C26H23ClN8O2/c1-2-21(36)34-12-14-9-18(34)19(10-14)35-25-22(24(28)30-13-31-25)23(33-35)16-7-6-15(11-17(16)27)26(37)32-20-5-3-4-8-29-20/h2-8,11,13-14,18-19H,1,9-10,12H2,(H2,28,30,31)(H,29,32,37)/t14-,18-,19-/m1/s1. The number of nitrogen functional groups attached to an aromatic ring is 1. The summed E-state index contributed by atoms with van der Waals surface area (Å²) in [5.41, 5.74) is 8.38. The molecule has 4 heterocycles. The van der Waals surface area contributed by atoms with E-state index in [1.165, 1.54) is 12.4 Å². The molecule has 11 heteroatoms. The van der Waals surface area contributed by atoms with Crippen LogP contribution in [0.2, 0.25) is 5.02 Å². The highest BCUT2D eigenvalue weighted by atomic mass is 35.5. The molecular formula is C26H23ClN8O2. The van der Waals surface area contributed by atoms with Gasteiger partial charge in [0, 0.05) is 23.9 Å². The van der Waals surface area contributed by atoms with Crippen molar-refractivity contribution in [2.45, 2.75) is 24.9 Å². The van der Waals surface area contributed by atoms with E-state index in [2.05, 4.69) is 26.8 Å². The maximum atomic E-state index is 12.7. The van der Waals surface area contributed by atoms with Crippen molar-refractivity contribution in [3.8, 4) is 11.3 Å². The van der Waals surface area contributed by atoms with Crippen LogP contribution in [-0.4, -0.2) is 54.0 Å². The molecule has 1 saturated heterocycles. The lowest BCUT2D eigenvalue weighted by Crippen LogP contribution is -2.42. The van der Waals surface area contributed by atoms with Crippen molar-refractivity contribution >= 4 is 46.1 Å². The van der Waals surface area contributed by atoms with Gasteiger partial charge in [0.2, 0.25) is 5.91 Å². The SMILES string of the molecule is C=CC(=O)N1C[C@@H]2C[C@@H]1[C@H](n1nc(-c3ccc(C(=O)Nc4ccccn4)cc3Cl)c3c(N)ncnc31)C2. The van der Waals surface area contributed by atoms with Crippen LogP contribution < -0.4 is 11.1 Å². The van der Waals surface area contributed by atoms with Gasteiger partial charge >= 0.3 is 0 Å². The van der Waals surface area contributed by atoms with Crippen LogP contribution in [0.1, 0.15) is 29.2 Å². The van der Waals surface area contributed by atoms with Crippen molar-refractivity contribution in [2.75, 3.05) is 17.6 Å². The molecule has 0 radical (unpaired) electrons. The number of halogens is 1. The van der Waals surface area contributed by atoms with E-state index in [1.54, 1.807) is 42.6 Å². The molecule has 3 atom stereocenters. The summed E-state index contributed by atoms with van der Waals surface area (Å²) >= 11 is 6.69. The number of piperidine rings is 1. The third-order valence-electron chi connectivity index (χ3n) is 7.13. The molecule has 0 spiro atoms. The third-order valence-corrected chi connectivity index (χ3v) is 7.44. The van der Waals surface area contributed by atoms with Crippen molar-refractivity contribution in [2.24, 2.45) is 5.92 Å². The van der Waals surface area contributed by atoms with E-state index in [0.29, 0.717) is 44.6 Å². The molecule has 2 bridgehead atoms. The normalized spacial score (nSPS) is 20.4. The van der Waals surface area contributed by atoms with Gasteiger partial charge in [-0.2, -0.15) is 5.10 Å². The van der Waals surface area contributed by atoms with Crippen LogP contribution in [0, 0.1) is 5.92 Å². The number of fused-ring (bicyclic) bond motifs is 3. The minimum Gasteiger partial charge on any atom is -0.383 e. The summed E-state index contributed by atoms with van der Waals surface area (Å²) in [5, 5.41) is 8.59. The molecule has 1 saturated carbocycles. The highest BCUT2D eigenvalue weighted by Crippen LogP contribution is 2.46. The molecule has 2 aliphatic rings. The number of carbonyl (C=O) groups is 2. The number of benzene rings is 1. The van der Waals surface area contributed by atoms with Gasteiger partial charge in [0.25, 0.3) is 5.91 Å². The largest absolute Gasteiger partial charge is 0.383 e. The molecule has 37 heavy (non-hydrogen) atoms. The van der Waals surface area contributed by atoms with Gasteiger partial charge in [0.15, 0.2) is 5.65 Å². The van der Waals surface area contributed by atoms with E-state index in [9.17, 15) is 9.59 Å². The Morgan fingerprint density at radius 3 is 2.70 bits per heavy atom. The summed E-state index contributed by atoms with van der Waals surface area (Å²) < 4.78 is 1.86. The second-order valence-corrected chi connectivity index (χ2v) is 9.69. The van der Waals surface area contributed by atoms with Crippen LogP contribution in [0.3, 0.4) is 0 Å². The number of carbonyl (C=O) groups excluding carboxylic acids is 2. The second kappa shape index (κ2) is 8.97. The number of amides is 2. The zero-order valence-corrected chi connectivity index (χ0v) is 20.5. The number of nitrogens with two attached hydrogens (primary N) is 1. The number of hydrogen-bond donors (Lipinski definition) is 2. The molecule has 1 aliphatic heterocycles. The van der Waals surface area contributed by atoms with Gasteiger partial charge in [0.05, 0.1) is 22.5 Å². The quantitative estimate of drug-likeness (QED) is 0.388. The van der Waals surface area contributed by atoms with Gasteiger partial charge in [-0.1, -0.05) is 30.3 Å². The fourth-order valence-corrected chi connectivity index (χ4v) is 5.78. The predicted octanol–water partition coefficient (Wildman–Crippen LogP) is 3.72. The maximum absolute atomic E-state index is 12.7. The fraction of sp³-hybridized carbons (Fsp3) is 0.231. The lowest BCUT2D eigenvalue weighted by molar-refractivity contribution is -0.128. The van der Waals surface area contributed by atoms with Gasteiger partial charge in [-0.3, -0.25) is 9.59 Å². The Kier molecular flexibility index (Phi) is 5.60. The van der Waals surface area contributed by atoms with Crippen molar-refractivity contribution in [1.29, 1.82) is 0 Å².